The maximum absolute atomic E-state index is 10.6. The summed E-state index contributed by atoms with van der Waals surface area (Å²) in [6.45, 7) is 1.73. The Labute approximate surface area is 92.2 Å². The first-order chi connectivity index (χ1) is 7.61. The number of rotatable bonds is 3. The van der Waals surface area contributed by atoms with Crippen LogP contribution >= 0.6 is 0 Å². The first-order valence-corrected chi connectivity index (χ1v) is 4.85. The van der Waals surface area contributed by atoms with Gasteiger partial charge in [0.2, 0.25) is 0 Å². The lowest BCUT2D eigenvalue weighted by Crippen LogP contribution is -2.11. The van der Waals surface area contributed by atoms with Gasteiger partial charge in [-0.15, -0.1) is 0 Å². The maximum Gasteiger partial charge on any atom is 0.325 e. The fourth-order valence-corrected chi connectivity index (χ4v) is 1.65. The molecule has 5 nitrogen and oxygen atoms in total. The molecule has 0 radical (unpaired) electrons. The summed E-state index contributed by atoms with van der Waals surface area (Å²) in [5.41, 5.74) is 1.60. The van der Waals surface area contributed by atoms with Crippen LogP contribution in [0.3, 0.4) is 0 Å². The summed E-state index contributed by atoms with van der Waals surface area (Å²) in [5, 5.41) is 13.9. The average molecular weight is 220 g/mol. The van der Waals surface area contributed by atoms with E-state index in [9.17, 15) is 4.79 Å². The lowest BCUT2D eigenvalue weighted by Gasteiger charge is -1.98. The van der Waals surface area contributed by atoms with Gasteiger partial charge in [-0.05, 0) is 19.1 Å². The molecule has 2 aromatic rings. The van der Waals surface area contributed by atoms with Crippen molar-refractivity contribution in [2.24, 2.45) is 0 Å². The number of hydrogen-bond acceptors (Lipinski definition) is 3. The number of aryl methyl sites for hydroxylation is 1. The van der Waals surface area contributed by atoms with E-state index >= 15 is 0 Å². The van der Waals surface area contributed by atoms with E-state index in [1.807, 2.05) is 19.1 Å². The normalized spacial score (nSPS) is 10.6. The zero-order valence-electron chi connectivity index (χ0n) is 9.10. The second-order valence-electron chi connectivity index (χ2n) is 3.52. The monoisotopic (exact) mass is 220 g/mol. The minimum absolute atomic E-state index is 0.122. The van der Waals surface area contributed by atoms with E-state index in [1.54, 1.807) is 13.2 Å². The molecular weight excluding hydrogens is 208 g/mol. The lowest BCUT2D eigenvalue weighted by molar-refractivity contribution is -0.137. The van der Waals surface area contributed by atoms with Crippen molar-refractivity contribution in [2.75, 3.05) is 7.11 Å². The van der Waals surface area contributed by atoms with Crippen LogP contribution in [0, 0.1) is 6.92 Å². The van der Waals surface area contributed by atoms with Crippen LogP contribution in [0.1, 0.15) is 5.69 Å². The molecule has 0 saturated heterocycles. The summed E-state index contributed by atoms with van der Waals surface area (Å²) < 4.78 is 6.57. The number of fused-ring (bicyclic) bond motifs is 1. The number of ether oxygens (including phenoxy) is 1. The van der Waals surface area contributed by atoms with Crippen molar-refractivity contribution in [3.63, 3.8) is 0 Å². The van der Waals surface area contributed by atoms with Crippen LogP contribution in [0.4, 0.5) is 0 Å². The molecule has 16 heavy (non-hydrogen) atoms. The summed E-state index contributed by atoms with van der Waals surface area (Å²) in [5.74, 6) is -0.185. The van der Waals surface area contributed by atoms with E-state index < -0.39 is 5.97 Å². The Morgan fingerprint density at radius 2 is 2.31 bits per heavy atom. The van der Waals surface area contributed by atoms with Crippen molar-refractivity contribution >= 4 is 16.9 Å². The molecule has 0 bridgehead atoms. The molecular formula is C11H12N2O3. The highest BCUT2D eigenvalue weighted by Gasteiger charge is 2.10. The molecule has 0 unspecified atom stereocenters. The molecule has 1 aromatic carbocycles. The predicted molar refractivity (Wildman–Crippen MR) is 58.7 cm³/mol. The average Bonchev–Trinajstić information content (AvgIpc) is 2.54. The number of aliphatic carboxylic acids is 1. The van der Waals surface area contributed by atoms with Gasteiger partial charge in [0.25, 0.3) is 0 Å². The number of benzene rings is 1. The van der Waals surface area contributed by atoms with Gasteiger partial charge in [0.15, 0.2) is 0 Å². The van der Waals surface area contributed by atoms with Crippen LogP contribution in [0.25, 0.3) is 10.9 Å². The van der Waals surface area contributed by atoms with Crippen LogP contribution in [0.5, 0.6) is 5.75 Å². The number of carbonyl (C=O) groups is 1. The molecule has 0 aliphatic carbocycles. The number of aromatic nitrogens is 2. The SMILES string of the molecule is COc1ccc2c(C)n(CC(=O)O)nc2c1. The summed E-state index contributed by atoms with van der Waals surface area (Å²) in [6, 6.07) is 5.51. The molecule has 1 N–H and O–H groups in total. The molecule has 0 amide bonds. The number of carboxylic acid groups (broad SMARTS) is 1. The second kappa shape index (κ2) is 3.84. The quantitative estimate of drug-likeness (QED) is 0.850. The van der Waals surface area contributed by atoms with Crippen molar-refractivity contribution in [3.05, 3.63) is 23.9 Å². The number of nitrogens with zero attached hydrogens (tertiary/aromatic N) is 2. The van der Waals surface area contributed by atoms with E-state index in [4.69, 9.17) is 9.84 Å². The Balaban J connectivity index is 2.54. The third kappa shape index (κ3) is 1.71. The topological polar surface area (TPSA) is 64.3 Å². The Hall–Kier alpha value is -2.04. The fourth-order valence-electron chi connectivity index (χ4n) is 1.65. The molecule has 0 spiro atoms. The highest BCUT2D eigenvalue weighted by atomic mass is 16.5. The Kier molecular flexibility index (Phi) is 2.52. The molecule has 0 atom stereocenters. The summed E-state index contributed by atoms with van der Waals surface area (Å²) >= 11 is 0. The van der Waals surface area contributed by atoms with Gasteiger partial charge < -0.3 is 9.84 Å². The van der Waals surface area contributed by atoms with E-state index in [0.29, 0.717) is 5.75 Å². The van der Waals surface area contributed by atoms with Gasteiger partial charge in [-0.1, -0.05) is 0 Å². The standard InChI is InChI=1S/C11H12N2O3/c1-7-9-4-3-8(16-2)5-10(9)12-13(7)6-11(14)15/h3-5H,6H2,1-2H3,(H,14,15). The van der Waals surface area contributed by atoms with Gasteiger partial charge in [0, 0.05) is 17.1 Å². The minimum Gasteiger partial charge on any atom is -0.497 e. The molecule has 84 valence electrons. The number of methoxy groups -OCH3 is 1. The van der Waals surface area contributed by atoms with E-state index in [1.165, 1.54) is 4.68 Å². The molecule has 0 saturated carbocycles. The van der Waals surface area contributed by atoms with Gasteiger partial charge >= 0.3 is 5.97 Å². The molecule has 1 aromatic heterocycles. The van der Waals surface area contributed by atoms with Gasteiger partial charge in [0.1, 0.15) is 12.3 Å². The molecule has 1 heterocycles. The Morgan fingerprint density at radius 1 is 1.56 bits per heavy atom. The van der Waals surface area contributed by atoms with Crippen LogP contribution in [-0.2, 0) is 11.3 Å². The third-order valence-corrected chi connectivity index (χ3v) is 2.50. The highest BCUT2D eigenvalue weighted by molar-refractivity contribution is 5.83. The highest BCUT2D eigenvalue weighted by Crippen LogP contribution is 2.22. The van der Waals surface area contributed by atoms with E-state index in [0.717, 1.165) is 16.6 Å². The van der Waals surface area contributed by atoms with E-state index in [2.05, 4.69) is 5.10 Å². The summed E-state index contributed by atoms with van der Waals surface area (Å²) in [6.07, 6.45) is 0. The van der Waals surface area contributed by atoms with Crippen molar-refractivity contribution < 1.29 is 14.6 Å². The lowest BCUT2D eigenvalue weighted by atomic mass is 10.2. The van der Waals surface area contributed by atoms with Crippen molar-refractivity contribution in [1.29, 1.82) is 0 Å². The van der Waals surface area contributed by atoms with Crippen molar-refractivity contribution in [3.8, 4) is 5.75 Å². The molecule has 0 aliphatic rings. The predicted octanol–water partition coefficient (Wildman–Crippen LogP) is 1.44. The smallest absolute Gasteiger partial charge is 0.325 e. The van der Waals surface area contributed by atoms with E-state index in [-0.39, 0.29) is 6.54 Å². The van der Waals surface area contributed by atoms with Crippen molar-refractivity contribution in [1.82, 2.24) is 9.78 Å². The van der Waals surface area contributed by atoms with Crippen molar-refractivity contribution in [2.45, 2.75) is 13.5 Å². The Morgan fingerprint density at radius 3 is 2.94 bits per heavy atom. The zero-order chi connectivity index (χ0) is 11.7. The molecule has 2 rings (SSSR count). The minimum atomic E-state index is -0.900. The van der Waals surface area contributed by atoms with Gasteiger partial charge in [0.05, 0.1) is 12.6 Å². The first kappa shape index (κ1) is 10.5. The summed E-state index contributed by atoms with van der Waals surface area (Å²) in [4.78, 5) is 10.6. The van der Waals surface area contributed by atoms with Crippen LogP contribution in [-0.4, -0.2) is 28.0 Å². The van der Waals surface area contributed by atoms with Gasteiger partial charge in [-0.2, -0.15) is 5.10 Å². The zero-order valence-corrected chi connectivity index (χ0v) is 9.10. The van der Waals surface area contributed by atoms with Crippen LogP contribution in [0.15, 0.2) is 18.2 Å². The van der Waals surface area contributed by atoms with Gasteiger partial charge in [-0.25, -0.2) is 0 Å². The largest absolute Gasteiger partial charge is 0.497 e. The molecule has 5 heteroatoms. The molecule has 0 aliphatic heterocycles. The maximum atomic E-state index is 10.6. The number of hydrogen-bond donors (Lipinski definition) is 1. The number of carboxylic acids is 1. The first-order valence-electron chi connectivity index (χ1n) is 4.85. The van der Waals surface area contributed by atoms with Crippen LogP contribution < -0.4 is 4.74 Å². The van der Waals surface area contributed by atoms with Crippen LogP contribution in [0.2, 0.25) is 0 Å². The third-order valence-electron chi connectivity index (χ3n) is 2.50. The molecule has 0 fully saturated rings. The second-order valence-corrected chi connectivity index (χ2v) is 3.52. The fraction of sp³-hybridized carbons (Fsp3) is 0.273. The van der Waals surface area contributed by atoms with Gasteiger partial charge in [-0.3, -0.25) is 9.48 Å². The Bertz CT molecular complexity index is 545. The summed E-state index contributed by atoms with van der Waals surface area (Å²) in [7, 11) is 1.59.